The summed E-state index contributed by atoms with van der Waals surface area (Å²) in [6.07, 6.45) is 2.49. The second-order valence-corrected chi connectivity index (χ2v) is 6.30. The Kier molecular flexibility index (Phi) is 5.19. The molecule has 2 aromatic rings. The maximum Gasteiger partial charge on any atom is 0.255 e. The molecular weight excluding hydrogens is 340 g/mol. The number of hydrogen-bond acceptors (Lipinski definition) is 4. The molecule has 0 spiro atoms. The van der Waals surface area contributed by atoms with Crippen molar-refractivity contribution in [2.45, 2.75) is 6.92 Å². The van der Waals surface area contributed by atoms with Crippen molar-refractivity contribution < 1.29 is 9.59 Å². The van der Waals surface area contributed by atoms with Crippen LogP contribution >= 0.6 is 11.6 Å². The Hall–Kier alpha value is -2.60. The van der Waals surface area contributed by atoms with Gasteiger partial charge in [0.05, 0.1) is 0 Å². The van der Waals surface area contributed by atoms with Crippen LogP contribution in [0.15, 0.2) is 36.5 Å². The van der Waals surface area contributed by atoms with Crippen LogP contribution in [0.1, 0.15) is 15.9 Å². The molecule has 2 heterocycles. The zero-order valence-electron chi connectivity index (χ0n) is 13.9. The van der Waals surface area contributed by atoms with E-state index in [4.69, 9.17) is 11.6 Å². The van der Waals surface area contributed by atoms with Crippen LogP contribution in [0, 0.1) is 6.92 Å². The molecule has 130 valence electrons. The quantitative estimate of drug-likeness (QED) is 0.853. The summed E-state index contributed by atoms with van der Waals surface area (Å²) in [7, 11) is 0. The first kappa shape index (κ1) is 17.2. The summed E-state index contributed by atoms with van der Waals surface area (Å²) in [6.45, 7) is 4.57. The first-order valence-corrected chi connectivity index (χ1v) is 8.43. The third-order valence-corrected chi connectivity index (χ3v) is 4.72. The zero-order valence-corrected chi connectivity index (χ0v) is 14.7. The number of hydrogen-bond donors (Lipinski definition) is 1. The van der Waals surface area contributed by atoms with Crippen molar-refractivity contribution in [3.05, 3.63) is 52.7 Å². The van der Waals surface area contributed by atoms with Gasteiger partial charge in [-0.3, -0.25) is 9.59 Å². The van der Waals surface area contributed by atoms with E-state index in [-0.39, 0.29) is 5.91 Å². The van der Waals surface area contributed by atoms with E-state index in [1.165, 1.54) is 0 Å². The summed E-state index contributed by atoms with van der Waals surface area (Å²) in [5, 5.41) is 3.50. The van der Waals surface area contributed by atoms with E-state index in [1.54, 1.807) is 35.4 Å². The Bertz CT molecular complexity index is 788. The third-order valence-electron chi connectivity index (χ3n) is 4.31. The van der Waals surface area contributed by atoms with Crippen LogP contribution in [0.4, 0.5) is 11.5 Å². The molecule has 1 aromatic heterocycles. The minimum absolute atomic E-state index is 0.208. The molecule has 0 saturated carbocycles. The summed E-state index contributed by atoms with van der Waals surface area (Å²) >= 11 is 6.10. The number of nitrogens with one attached hydrogen (secondary N) is 1. The molecule has 1 aliphatic rings. The maximum absolute atomic E-state index is 12.6. The number of anilines is 2. The van der Waals surface area contributed by atoms with Crippen molar-refractivity contribution in [3.63, 3.8) is 0 Å². The Balaban J connectivity index is 1.74. The second-order valence-electron chi connectivity index (χ2n) is 5.90. The van der Waals surface area contributed by atoms with Crippen LogP contribution in [-0.2, 0) is 4.79 Å². The van der Waals surface area contributed by atoms with Gasteiger partial charge in [0.1, 0.15) is 5.82 Å². The van der Waals surface area contributed by atoms with Crippen molar-refractivity contribution in [2.24, 2.45) is 0 Å². The number of pyridine rings is 1. The highest BCUT2D eigenvalue weighted by atomic mass is 35.5. The van der Waals surface area contributed by atoms with Gasteiger partial charge in [0.25, 0.3) is 5.91 Å². The lowest BCUT2D eigenvalue weighted by Gasteiger charge is -2.33. The summed E-state index contributed by atoms with van der Waals surface area (Å²) in [5.41, 5.74) is 2.05. The molecule has 7 heteroatoms. The molecular formula is C18H19ClN4O2. The maximum atomic E-state index is 12.6. The van der Waals surface area contributed by atoms with Crippen LogP contribution in [0.25, 0.3) is 0 Å². The molecule has 6 nitrogen and oxygen atoms in total. The SMILES string of the molecule is Cc1c(Cl)cccc1NC(=O)c1ccnc(N2CCN(C=O)CC2)c1. The van der Waals surface area contributed by atoms with E-state index < -0.39 is 0 Å². The van der Waals surface area contributed by atoms with Crippen LogP contribution in [0.2, 0.25) is 5.02 Å². The minimum Gasteiger partial charge on any atom is -0.353 e. The minimum atomic E-state index is -0.208. The molecule has 1 fully saturated rings. The van der Waals surface area contributed by atoms with Gasteiger partial charge in [-0.1, -0.05) is 17.7 Å². The monoisotopic (exact) mass is 358 g/mol. The number of nitrogens with zero attached hydrogens (tertiary/aromatic N) is 3. The number of amides is 2. The molecule has 0 bridgehead atoms. The van der Waals surface area contributed by atoms with Crippen LogP contribution in [-0.4, -0.2) is 48.4 Å². The predicted octanol–water partition coefficient (Wildman–Crippen LogP) is 2.57. The topological polar surface area (TPSA) is 65.5 Å². The molecule has 1 saturated heterocycles. The normalized spacial score (nSPS) is 14.3. The number of carbonyl (C=O) groups excluding carboxylic acids is 2. The van der Waals surface area contributed by atoms with E-state index in [2.05, 4.69) is 15.2 Å². The fraction of sp³-hybridized carbons (Fsp3) is 0.278. The van der Waals surface area contributed by atoms with Crippen molar-refractivity contribution in [1.82, 2.24) is 9.88 Å². The second kappa shape index (κ2) is 7.53. The lowest BCUT2D eigenvalue weighted by atomic mass is 10.1. The number of piperazine rings is 1. The van der Waals surface area contributed by atoms with Gasteiger partial charge in [0.15, 0.2) is 0 Å². The highest BCUT2D eigenvalue weighted by Gasteiger charge is 2.18. The van der Waals surface area contributed by atoms with Crippen molar-refractivity contribution in [1.29, 1.82) is 0 Å². The Labute approximate surface area is 151 Å². The molecule has 0 radical (unpaired) electrons. The molecule has 1 N–H and O–H groups in total. The highest BCUT2D eigenvalue weighted by molar-refractivity contribution is 6.31. The number of halogens is 1. The number of benzene rings is 1. The van der Waals surface area contributed by atoms with Gasteiger partial charge in [0, 0.05) is 48.6 Å². The molecule has 0 aliphatic carbocycles. The summed E-state index contributed by atoms with van der Waals surface area (Å²) in [5.74, 6) is 0.529. The van der Waals surface area contributed by atoms with Crippen LogP contribution < -0.4 is 10.2 Å². The summed E-state index contributed by atoms with van der Waals surface area (Å²) in [4.78, 5) is 31.5. The first-order chi connectivity index (χ1) is 12.1. The van der Waals surface area contributed by atoms with E-state index in [9.17, 15) is 9.59 Å². The summed E-state index contributed by atoms with van der Waals surface area (Å²) in [6, 6.07) is 8.86. The molecule has 3 rings (SSSR count). The average Bonchev–Trinajstić information content (AvgIpc) is 2.65. The average molecular weight is 359 g/mol. The summed E-state index contributed by atoms with van der Waals surface area (Å²) < 4.78 is 0. The molecule has 25 heavy (non-hydrogen) atoms. The van der Waals surface area contributed by atoms with Gasteiger partial charge in [-0.2, -0.15) is 0 Å². The molecule has 0 atom stereocenters. The predicted molar refractivity (Wildman–Crippen MR) is 98.2 cm³/mol. The van der Waals surface area contributed by atoms with E-state index in [0.717, 1.165) is 17.8 Å². The van der Waals surface area contributed by atoms with Gasteiger partial charge >= 0.3 is 0 Å². The smallest absolute Gasteiger partial charge is 0.255 e. The van der Waals surface area contributed by atoms with Gasteiger partial charge in [-0.05, 0) is 36.8 Å². The number of rotatable bonds is 4. The Morgan fingerprint density at radius 3 is 2.72 bits per heavy atom. The van der Waals surface area contributed by atoms with E-state index in [1.807, 2.05) is 13.0 Å². The largest absolute Gasteiger partial charge is 0.353 e. The first-order valence-electron chi connectivity index (χ1n) is 8.05. The Morgan fingerprint density at radius 2 is 2.00 bits per heavy atom. The lowest BCUT2D eigenvalue weighted by molar-refractivity contribution is -0.118. The number of aromatic nitrogens is 1. The van der Waals surface area contributed by atoms with Gasteiger partial charge < -0.3 is 15.1 Å². The zero-order chi connectivity index (χ0) is 17.8. The molecule has 2 amide bonds. The molecule has 0 unspecified atom stereocenters. The van der Waals surface area contributed by atoms with E-state index >= 15 is 0 Å². The van der Waals surface area contributed by atoms with Gasteiger partial charge in [-0.15, -0.1) is 0 Å². The fourth-order valence-electron chi connectivity index (χ4n) is 2.73. The molecule has 1 aromatic carbocycles. The van der Waals surface area contributed by atoms with Crippen molar-refractivity contribution in [3.8, 4) is 0 Å². The third kappa shape index (κ3) is 3.91. The Morgan fingerprint density at radius 1 is 1.24 bits per heavy atom. The highest BCUT2D eigenvalue weighted by Crippen LogP contribution is 2.24. The molecule has 1 aliphatic heterocycles. The van der Waals surface area contributed by atoms with Crippen molar-refractivity contribution >= 4 is 35.4 Å². The fourth-order valence-corrected chi connectivity index (χ4v) is 2.90. The number of carbonyl (C=O) groups is 2. The lowest BCUT2D eigenvalue weighted by Crippen LogP contribution is -2.46. The van der Waals surface area contributed by atoms with Gasteiger partial charge in [0.2, 0.25) is 6.41 Å². The van der Waals surface area contributed by atoms with Gasteiger partial charge in [-0.25, -0.2) is 4.98 Å². The van der Waals surface area contributed by atoms with E-state index in [0.29, 0.717) is 42.5 Å². The van der Waals surface area contributed by atoms with Crippen LogP contribution in [0.3, 0.4) is 0 Å². The van der Waals surface area contributed by atoms with Crippen molar-refractivity contribution in [2.75, 3.05) is 36.4 Å². The standard InChI is InChI=1S/C18H19ClN4O2/c1-13-15(19)3-2-4-16(13)21-18(25)14-5-6-20-17(11-14)23-9-7-22(12-24)8-10-23/h2-6,11-12H,7-10H2,1H3,(H,21,25). The van der Waals surface area contributed by atoms with Crippen LogP contribution in [0.5, 0.6) is 0 Å².